The van der Waals surface area contributed by atoms with E-state index in [1.807, 2.05) is 24.1 Å². The molecule has 3 heterocycles. The fourth-order valence-corrected chi connectivity index (χ4v) is 3.54. The largest absolute Gasteiger partial charge is 0.373 e. The fourth-order valence-electron chi connectivity index (χ4n) is 3.54. The second-order valence-corrected chi connectivity index (χ2v) is 6.71. The van der Waals surface area contributed by atoms with E-state index in [0.717, 1.165) is 25.2 Å². The van der Waals surface area contributed by atoms with E-state index in [9.17, 15) is 14.4 Å². The Balaban J connectivity index is 1.51. The average Bonchev–Trinajstić information content (AvgIpc) is 3.00. The molecule has 2 N–H and O–H groups in total. The summed E-state index contributed by atoms with van der Waals surface area (Å²) in [7, 11) is 1.84. The van der Waals surface area contributed by atoms with Gasteiger partial charge >= 0.3 is 6.03 Å². The van der Waals surface area contributed by atoms with Crippen molar-refractivity contribution in [1.29, 1.82) is 0 Å². The number of anilines is 1. The quantitative estimate of drug-likeness (QED) is 0.744. The smallest absolute Gasteiger partial charge is 0.324 e. The monoisotopic (exact) mass is 359 g/mol. The van der Waals surface area contributed by atoms with Crippen LogP contribution in [0, 0.1) is 0 Å². The molecule has 2 aliphatic heterocycles. The first-order valence-corrected chi connectivity index (χ1v) is 9.08. The highest BCUT2D eigenvalue weighted by molar-refractivity contribution is 6.01. The molecule has 2 aliphatic rings. The molecule has 8 heteroatoms. The van der Waals surface area contributed by atoms with Crippen molar-refractivity contribution in [3.63, 3.8) is 0 Å². The predicted octanol–water partition coefficient (Wildman–Crippen LogP) is 1.16. The van der Waals surface area contributed by atoms with Gasteiger partial charge in [0.15, 0.2) is 0 Å². The maximum absolute atomic E-state index is 12.5. The summed E-state index contributed by atoms with van der Waals surface area (Å²) in [5, 5.41) is 5.53. The van der Waals surface area contributed by atoms with Gasteiger partial charge in [0, 0.05) is 45.2 Å². The van der Waals surface area contributed by atoms with Gasteiger partial charge in [-0.25, -0.2) is 9.78 Å². The molecule has 0 radical (unpaired) electrons. The zero-order chi connectivity index (χ0) is 18.5. The number of pyridine rings is 1. The van der Waals surface area contributed by atoms with Crippen LogP contribution in [0.4, 0.5) is 10.6 Å². The molecule has 4 amide bonds. The molecule has 2 saturated heterocycles. The van der Waals surface area contributed by atoms with Crippen molar-refractivity contribution in [1.82, 2.24) is 20.1 Å². The maximum atomic E-state index is 12.5. The Hall–Kier alpha value is -2.64. The Kier molecular flexibility index (Phi) is 5.70. The van der Waals surface area contributed by atoms with Gasteiger partial charge in [0.05, 0.1) is 6.54 Å². The van der Waals surface area contributed by atoms with Crippen LogP contribution in [-0.2, 0) is 9.59 Å². The highest BCUT2D eigenvalue weighted by Gasteiger charge is 2.29. The summed E-state index contributed by atoms with van der Waals surface area (Å²) in [5.41, 5.74) is 1.20. The van der Waals surface area contributed by atoms with Gasteiger partial charge in [0.1, 0.15) is 5.82 Å². The van der Waals surface area contributed by atoms with E-state index in [4.69, 9.17) is 0 Å². The van der Waals surface area contributed by atoms with Crippen LogP contribution < -0.4 is 10.6 Å². The molecule has 3 rings (SSSR count). The minimum absolute atomic E-state index is 0.0567. The molecule has 0 aliphatic carbocycles. The van der Waals surface area contributed by atoms with E-state index < -0.39 is 0 Å². The lowest BCUT2D eigenvalue weighted by Gasteiger charge is -2.33. The lowest BCUT2D eigenvalue weighted by Crippen LogP contribution is -2.39. The van der Waals surface area contributed by atoms with Crippen LogP contribution in [-0.4, -0.2) is 65.9 Å². The molecular weight excluding hydrogens is 334 g/mol. The molecule has 0 aromatic carbocycles. The van der Waals surface area contributed by atoms with Crippen molar-refractivity contribution in [3.05, 3.63) is 23.9 Å². The van der Waals surface area contributed by atoms with E-state index in [1.54, 1.807) is 6.20 Å². The number of nitrogens with one attached hydrogen (secondary N) is 2. The third-order valence-electron chi connectivity index (χ3n) is 5.00. The predicted molar refractivity (Wildman–Crippen MR) is 96.7 cm³/mol. The topological polar surface area (TPSA) is 94.6 Å². The molecule has 0 bridgehead atoms. The first kappa shape index (κ1) is 18.2. The van der Waals surface area contributed by atoms with Crippen molar-refractivity contribution in [2.24, 2.45) is 0 Å². The number of aromatic nitrogens is 1. The Labute approximate surface area is 152 Å². The number of likely N-dealkylation sites (tertiary alicyclic amines) is 1. The third-order valence-corrected chi connectivity index (χ3v) is 5.00. The lowest BCUT2D eigenvalue weighted by molar-refractivity contribution is -0.133. The van der Waals surface area contributed by atoms with E-state index >= 15 is 0 Å². The van der Waals surface area contributed by atoms with Crippen LogP contribution in [0.3, 0.4) is 0 Å². The van der Waals surface area contributed by atoms with Gasteiger partial charge in [-0.2, -0.15) is 0 Å². The zero-order valence-electron chi connectivity index (χ0n) is 15.0. The molecule has 1 atom stereocenters. The molecule has 1 aromatic heterocycles. The van der Waals surface area contributed by atoms with E-state index in [-0.39, 0.29) is 24.4 Å². The first-order chi connectivity index (χ1) is 12.6. The number of imide groups is 1. The molecule has 0 spiro atoms. The number of hydrogen-bond acceptors (Lipinski definition) is 5. The SMILES string of the molecule is CNc1cc([C@H]2CCCN(C(=O)CCCN3C(=O)CNC3=O)C2)ccn1. The van der Waals surface area contributed by atoms with Gasteiger partial charge in [-0.15, -0.1) is 0 Å². The van der Waals surface area contributed by atoms with Crippen molar-refractivity contribution >= 4 is 23.7 Å². The number of carbonyl (C=O) groups is 3. The normalized spacial score (nSPS) is 20.3. The number of amides is 4. The van der Waals surface area contributed by atoms with Crippen molar-refractivity contribution in [3.8, 4) is 0 Å². The van der Waals surface area contributed by atoms with Gasteiger partial charge in [-0.3, -0.25) is 14.5 Å². The maximum Gasteiger partial charge on any atom is 0.324 e. The van der Waals surface area contributed by atoms with E-state index in [2.05, 4.69) is 15.6 Å². The molecule has 8 nitrogen and oxygen atoms in total. The Bertz CT molecular complexity index is 677. The van der Waals surface area contributed by atoms with Crippen molar-refractivity contribution < 1.29 is 14.4 Å². The summed E-state index contributed by atoms with van der Waals surface area (Å²) in [6.07, 6.45) is 4.67. The average molecular weight is 359 g/mol. The minimum atomic E-state index is -0.362. The fraction of sp³-hybridized carbons (Fsp3) is 0.556. The summed E-state index contributed by atoms with van der Waals surface area (Å²) in [5.74, 6) is 1.01. The second-order valence-electron chi connectivity index (χ2n) is 6.71. The van der Waals surface area contributed by atoms with Gasteiger partial charge in [-0.1, -0.05) is 0 Å². The van der Waals surface area contributed by atoms with Crippen LogP contribution in [0.25, 0.3) is 0 Å². The molecule has 0 unspecified atom stereocenters. The van der Waals surface area contributed by atoms with Gasteiger partial charge < -0.3 is 15.5 Å². The van der Waals surface area contributed by atoms with E-state index in [0.29, 0.717) is 31.8 Å². The highest BCUT2D eigenvalue weighted by atomic mass is 16.2. The number of hydrogen-bond donors (Lipinski definition) is 2. The minimum Gasteiger partial charge on any atom is -0.373 e. The Morgan fingerprint density at radius 2 is 2.27 bits per heavy atom. The summed E-state index contributed by atoms with van der Waals surface area (Å²) < 4.78 is 0. The Morgan fingerprint density at radius 1 is 1.42 bits per heavy atom. The van der Waals surface area contributed by atoms with Crippen LogP contribution in [0.5, 0.6) is 0 Å². The Morgan fingerprint density at radius 3 is 3.00 bits per heavy atom. The van der Waals surface area contributed by atoms with Gasteiger partial charge in [0.25, 0.3) is 0 Å². The van der Waals surface area contributed by atoms with Crippen LogP contribution >= 0.6 is 0 Å². The van der Waals surface area contributed by atoms with Gasteiger partial charge in [0.2, 0.25) is 11.8 Å². The number of urea groups is 1. The van der Waals surface area contributed by atoms with Crippen LogP contribution in [0.1, 0.15) is 37.2 Å². The third kappa shape index (κ3) is 4.12. The summed E-state index contributed by atoms with van der Waals surface area (Å²) in [6, 6.07) is 3.69. The van der Waals surface area contributed by atoms with Crippen LogP contribution in [0.15, 0.2) is 18.3 Å². The number of rotatable bonds is 6. The lowest BCUT2D eigenvalue weighted by atomic mass is 9.91. The number of piperidine rings is 1. The zero-order valence-corrected chi connectivity index (χ0v) is 15.0. The summed E-state index contributed by atoms with van der Waals surface area (Å²) in [6.45, 7) is 1.82. The summed E-state index contributed by atoms with van der Waals surface area (Å²) >= 11 is 0. The van der Waals surface area contributed by atoms with Crippen molar-refractivity contribution in [2.75, 3.05) is 38.5 Å². The van der Waals surface area contributed by atoms with Crippen LogP contribution in [0.2, 0.25) is 0 Å². The molecule has 26 heavy (non-hydrogen) atoms. The molecule has 140 valence electrons. The van der Waals surface area contributed by atoms with Gasteiger partial charge in [-0.05, 0) is 37.0 Å². The molecule has 2 fully saturated rings. The molecule has 0 saturated carbocycles. The van der Waals surface area contributed by atoms with E-state index in [1.165, 1.54) is 10.5 Å². The standard InChI is InChI=1S/C18H25N5O3/c1-19-15-10-13(6-7-20-15)14-4-2-8-22(12-14)16(24)5-3-9-23-17(25)11-21-18(23)26/h6-7,10,14H,2-5,8-9,11-12H2,1H3,(H,19,20)(H,21,26)/t14-/m0/s1. The molecular formula is C18H25N5O3. The number of carbonyl (C=O) groups excluding carboxylic acids is 3. The summed E-state index contributed by atoms with van der Waals surface area (Å²) in [4.78, 5) is 42.9. The van der Waals surface area contributed by atoms with Crippen molar-refractivity contribution in [2.45, 2.75) is 31.6 Å². The highest BCUT2D eigenvalue weighted by Crippen LogP contribution is 2.28. The molecule has 1 aromatic rings. The first-order valence-electron chi connectivity index (χ1n) is 9.08. The number of nitrogens with zero attached hydrogens (tertiary/aromatic N) is 3. The second kappa shape index (κ2) is 8.16.